The molecule has 2 heterocycles. The highest BCUT2D eigenvalue weighted by atomic mass is 79.9. The van der Waals surface area contributed by atoms with Gasteiger partial charge in [-0.3, -0.25) is 10.1 Å². The zero-order valence-electron chi connectivity index (χ0n) is 16.2. The van der Waals surface area contributed by atoms with Gasteiger partial charge in [0.2, 0.25) is 0 Å². The third kappa shape index (κ3) is 4.08. The summed E-state index contributed by atoms with van der Waals surface area (Å²) < 4.78 is 28.0. The van der Waals surface area contributed by atoms with Crippen LogP contribution < -0.4 is 4.74 Å². The Morgan fingerprint density at radius 1 is 1.33 bits per heavy atom. The summed E-state index contributed by atoms with van der Waals surface area (Å²) in [5, 5.41) is 15.7. The molecule has 0 bridgehead atoms. The molecule has 9 heteroatoms. The average Bonchev–Trinajstić information content (AvgIpc) is 3.25. The largest absolute Gasteiger partial charge is 0.453 e. The highest BCUT2D eigenvalue weighted by Gasteiger charge is 2.22. The molecule has 0 saturated carbocycles. The highest BCUT2D eigenvalue weighted by molar-refractivity contribution is 9.10. The molecule has 1 fully saturated rings. The molecule has 156 valence electrons. The van der Waals surface area contributed by atoms with Crippen LogP contribution in [0.4, 0.5) is 10.1 Å². The number of benzene rings is 2. The van der Waals surface area contributed by atoms with E-state index in [0.717, 1.165) is 43.2 Å². The van der Waals surface area contributed by atoms with Gasteiger partial charge in [0.25, 0.3) is 5.69 Å². The lowest BCUT2D eigenvalue weighted by Crippen LogP contribution is -2.18. The summed E-state index contributed by atoms with van der Waals surface area (Å²) in [5.74, 6) is -0.525. The first kappa shape index (κ1) is 20.5. The van der Waals surface area contributed by atoms with Gasteiger partial charge < -0.3 is 9.47 Å². The molecule has 0 amide bonds. The number of nitro benzene ring substituents is 1. The number of ether oxygens (including phenoxy) is 2. The standard InChI is InChI=1S/C21H19BrFN3O4/c1-13-18(26(27)28)12-16(23)21(20(13)22)30-15-6-4-5-14(11-15)17-8-9-25(24-17)19-7-2-3-10-29-19/h4-6,8-9,11-12,19H,2-3,7,10H2,1H3. The number of rotatable bonds is 5. The van der Waals surface area contributed by atoms with Crippen LogP contribution in [0.15, 0.2) is 47.1 Å². The summed E-state index contributed by atoms with van der Waals surface area (Å²) in [6.07, 6.45) is 4.93. The Balaban J connectivity index is 1.60. The van der Waals surface area contributed by atoms with E-state index < -0.39 is 10.7 Å². The molecule has 7 nitrogen and oxygen atoms in total. The first-order valence-electron chi connectivity index (χ1n) is 9.52. The second-order valence-corrected chi connectivity index (χ2v) is 7.83. The second kappa shape index (κ2) is 8.53. The molecule has 1 aromatic heterocycles. The van der Waals surface area contributed by atoms with Crippen LogP contribution in [0.2, 0.25) is 0 Å². The van der Waals surface area contributed by atoms with E-state index in [0.29, 0.717) is 11.3 Å². The predicted molar refractivity (Wildman–Crippen MR) is 112 cm³/mol. The Bertz CT molecular complexity index is 1100. The van der Waals surface area contributed by atoms with Crippen LogP contribution in [0.1, 0.15) is 31.1 Å². The molecule has 1 aliphatic heterocycles. The Labute approximate surface area is 180 Å². The molecule has 1 saturated heterocycles. The molecule has 1 unspecified atom stereocenters. The van der Waals surface area contributed by atoms with Crippen molar-refractivity contribution in [3.8, 4) is 22.8 Å². The zero-order chi connectivity index (χ0) is 21.3. The second-order valence-electron chi connectivity index (χ2n) is 7.03. The molecule has 4 rings (SSSR count). The van der Waals surface area contributed by atoms with Crippen molar-refractivity contribution in [1.82, 2.24) is 9.78 Å². The van der Waals surface area contributed by atoms with Gasteiger partial charge in [0.05, 0.1) is 21.2 Å². The van der Waals surface area contributed by atoms with Crippen molar-refractivity contribution in [2.75, 3.05) is 6.61 Å². The third-order valence-electron chi connectivity index (χ3n) is 5.00. The fraction of sp³-hybridized carbons (Fsp3) is 0.286. The SMILES string of the molecule is Cc1c([N+](=O)[O-])cc(F)c(Oc2cccc(-c3ccn(C4CCCCO4)n3)c2)c1Br. The van der Waals surface area contributed by atoms with E-state index in [2.05, 4.69) is 21.0 Å². The summed E-state index contributed by atoms with van der Waals surface area (Å²) in [6, 6.07) is 9.86. The van der Waals surface area contributed by atoms with Crippen LogP contribution in [0.3, 0.4) is 0 Å². The van der Waals surface area contributed by atoms with Gasteiger partial charge in [-0.1, -0.05) is 12.1 Å². The molecule has 30 heavy (non-hydrogen) atoms. The van der Waals surface area contributed by atoms with E-state index in [9.17, 15) is 14.5 Å². The predicted octanol–water partition coefficient (Wildman–Crippen LogP) is 6.16. The van der Waals surface area contributed by atoms with E-state index in [1.807, 2.05) is 23.0 Å². The smallest absolute Gasteiger partial charge is 0.276 e. The summed E-state index contributed by atoms with van der Waals surface area (Å²) in [4.78, 5) is 10.4. The maximum Gasteiger partial charge on any atom is 0.276 e. The summed E-state index contributed by atoms with van der Waals surface area (Å²) in [5.41, 5.74) is 1.53. The topological polar surface area (TPSA) is 79.4 Å². The number of hydrogen-bond donors (Lipinski definition) is 0. The lowest BCUT2D eigenvalue weighted by Gasteiger charge is -2.22. The Kier molecular flexibility index (Phi) is 5.83. The highest BCUT2D eigenvalue weighted by Crippen LogP contribution is 2.39. The van der Waals surface area contributed by atoms with E-state index >= 15 is 0 Å². The van der Waals surface area contributed by atoms with Gasteiger partial charge in [0, 0.05) is 23.9 Å². The zero-order valence-corrected chi connectivity index (χ0v) is 17.8. The van der Waals surface area contributed by atoms with Crippen LogP contribution >= 0.6 is 15.9 Å². The minimum absolute atomic E-state index is 0.0555. The lowest BCUT2D eigenvalue weighted by atomic mass is 10.1. The van der Waals surface area contributed by atoms with Gasteiger partial charge >= 0.3 is 0 Å². The monoisotopic (exact) mass is 475 g/mol. The van der Waals surface area contributed by atoms with E-state index in [1.54, 1.807) is 18.2 Å². The van der Waals surface area contributed by atoms with E-state index in [1.165, 1.54) is 6.92 Å². The van der Waals surface area contributed by atoms with Crippen LogP contribution in [-0.2, 0) is 4.74 Å². The minimum atomic E-state index is -0.816. The first-order chi connectivity index (χ1) is 14.4. The van der Waals surface area contributed by atoms with E-state index in [4.69, 9.17) is 9.47 Å². The van der Waals surface area contributed by atoms with Crippen molar-refractivity contribution in [1.29, 1.82) is 0 Å². The maximum absolute atomic E-state index is 14.5. The van der Waals surface area contributed by atoms with Crippen molar-refractivity contribution in [2.24, 2.45) is 0 Å². The van der Waals surface area contributed by atoms with Crippen molar-refractivity contribution < 1.29 is 18.8 Å². The first-order valence-corrected chi connectivity index (χ1v) is 10.3. The Hall–Kier alpha value is -2.78. The Morgan fingerprint density at radius 2 is 2.17 bits per heavy atom. The molecule has 2 aromatic carbocycles. The summed E-state index contributed by atoms with van der Waals surface area (Å²) in [6.45, 7) is 2.27. The average molecular weight is 476 g/mol. The van der Waals surface area contributed by atoms with Crippen LogP contribution in [0.5, 0.6) is 11.5 Å². The van der Waals surface area contributed by atoms with Crippen LogP contribution in [0.25, 0.3) is 11.3 Å². The molecule has 0 N–H and O–H groups in total. The molecule has 0 spiro atoms. The quantitative estimate of drug-likeness (QED) is 0.326. The van der Waals surface area contributed by atoms with Gasteiger partial charge in [-0.2, -0.15) is 5.10 Å². The van der Waals surface area contributed by atoms with Crippen molar-refractivity contribution in [3.05, 3.63) is 68.6 Å². The van der Waals surface area contributed by atoms with Gasteiger partial charge in [0.15, 0.2) is 11.6 Å². The number of nitro groups is 1. The van der Waals surface area contributed by atoms with Gasteiger partial charge in [-0.05, 0) is 60.3 Å². The molecule has 0 radical (unpaired) electrons. The summed E-state index contributed by atoms with van der Waals surface area (Å²) >= 11 is 3.22. The lowest BCUT2D eigenvalue weighted by molar-refractivity contribution is -0.385. The third-order valence-corrected chi connectivity index (χ3v) is 5.95. The fourth-order valence-electron chi connectivity index (χ4n) is 3.39. The number of halogens is 2. The van der Waals surface area contributed by atoms with Gasteiger partial charge in [-0.25, -0.2) is 9.07 Å². The molecule has 3 aromatic rings. The molecule has 1 atom stereocenters. The number of nitrogens with zero attached hydrogens (tertiary/aromatic N) is 3. The molecule has 0 aliphatic carbocycles. The van der Waals surface area contributed by atoms with Crippen LogP contribution in [0, 0.1) is 22.9 Å². The molecular weight excluding hydrogens is 457 g/mol. The Morgan fingerprint density at radius 3 is 2.90 bits per heavy atom. The van der Waals surface area contributed by atoms with Gasteiger partial charge in [-0.15, -0.1) is 0 Å². The van der Waals surface area contributed by atoms with E-state index in [-0.39, 0.29) is 22.1 Å². The van der Waals surface area contributed by atoms with Crippen molar-refractivity contribution >= 4 is 21.6 Å². The maximum atomic E-state index is 14.5. The van der Waals surface area contributed by atoms with Crippen molar-refractivity contribution in [3.63, 3.8) is 0 Å². The van der Waals surface area contributed by atoms with Crippen molar-refractivity contribution in [2.45, 2.75) is 32.4 Å². The molecular formula is C21H19BrFN3O4. The summed E-state index contributed by atoms with van der Waals surface area (Å²) in [7, 11) is 0. The molecule has 1 aliphatic rings. The minimum Gasteiger partial charge on any atom is -0.453 e. The van der Waals surface area contributed by atoms with Gasteiger partial charge in [0.1, 0.15) is 12.0 Å². The number of hydrogen-bond acceptors (Lipinski definition) is 5. The fourth-order valence-corrected chi connectivity index (χ4v) is 3.86. The number of aromatic nitrogens is 2. The van der Waals surface area contributed by atoms with Crippen LogP contribution in [-0.4, -0.2) is 21.3 Å². The normalized spacial score (nSPS) is 16.4.